The van der Waals surface area contributed by atoms with Crippen molar-refractivity contribution >= 4 is 21.8 Å². The van der Waals surface area contributed by atoms with Gasteiger partial charge in [-0.15, -0.1) is 0 Å². The second kappa shape index (κ2) is 8.39. The second-order valence-electron chi connectivity index (χ2n) is 4.85. The molecular formula is C15H23BrN2O2. The molecule has 0 saturated carbocycles. The second-order valence-corrected chi connectivity index (χ2v) is 5.76. The highest BCUT2D eigenvalue weighted by molar-refractivity contribution is 9.10. The van der Waals surface area contributed by atoms with Crippen LogP contribution in [0.1, 0.15) is 19.4 Å². The lowest BCUT2D eigenvalue weighted by molar-refractivity contribution is -0.135. The molecule has 0 spiro atoms. The number of nitrogens with zero attached hydrogens (tertiary/aromatic N) is 2. The summed E-state index contributed by atoms with van der Waals surface area (Å²) in [5.41, 5.74) is 1.10. The minimum absolute atomic E-state index is 0.0713. The van der Waals surface area contributed by atoms with Crippen molar-refractivity contribution in [1.29, 1.82) is 0 Å². The highest BCUT2D eigenvalue weighted by Crippen LogP contribution is 2.13. The van der Waals surface area contributed by atoms with E-state index in [0.717, 1.165) is 16.6 Å². The van der Waals surface area contributed by atoms with Crippen LogP contribution in [0.15, 0.2) is 28.7 Å². The number of hydrogen-bond acceptors (Lipinski definition) is 3. The van der Waals surface area contributed by atoms with Gasteiger partial charge in [-0.2, -0.15) is 0 Å². The average Bonchev–Trinajstić information content (AvgIpc) is 2.45. The molecule has 5 heteroatoms. The van der Waals surface area contributed by atoms with Gasteiger partial charge in [0.15, 0.2) is 0 Å². The largest absolute Gasteiger partial charge is 0.395 e. The van der Waals surface area contributed by atoms with Crippen LogP contribution in [0.2, 0.25) is 0 Å². The number of halogens is 1. The van der Waals surface area contributed by atoms with Crippen LogP contribution in [0.3, 0.4) is 0 Å². The molecule has 112 valence electrons. The third-order valence-corrected chi connectivity index (χ3v) is 3.94. The topological polar surface area (TPSA) is 43.8 Å². The number of amides is 1. The van der Waals surface area contributed by atoms with Gasteiger partial charge in [0.2, 0.25) is 5.91 Å². The molecule has 0 aliphatic heterocycles. The fourth-order valence-electron chi connectivity index (χ4n) is 2.17. The number of hydrogen-bond donors (Lipinski definition) is 1. The van der Waals surface area contributed by atoms with E-state index in [0.29, 0.717) is 13.1 Å². The Labute approximate surface area is 129 Å². The Morgan fingerprint density at radius 1 is 1.35 bits per heavy atom. The number of aliphatic hydroxyl groups excluding tert-OH is 1. The molecule has 1 N–H and O–H groups in total. The Kier molecular flexibility index (Phi) is 7.19. The molecule has 0 fully saturated rings. The van der Waals surface area contributed by atoms with Crippen LogP contribution in [0.25, 0.3) is 0 Å². The van der Waals surface area contributed by atoms with Crippen LogP contribution < -0.4 is 0 Å². The van der Waals surface area contributed by atoms with Crippen molar-refractivity contribution in [2.75, 3.05) is 26.7 Å². The number of rotatable bonds is 7. The number of carbonyl (C=O) groups is 1. The van der Waals surface area contributed by atoms with Crippen molar-refractivity contribution in [2.24, 2.45) is 0 Å². The molecular weight excluding hydrogens is 320 g/mol. The fourth-order valence-corrected chi connectivity index (χ4v) is 2.44. The van der Waals surface area contributed by atoms with Crippen molar-refractivity contribution in [1.82, 2.24) is 9.80 Å². The first-order chi connectivity index (χ1) is 9.49. The molecule has 1 aromatic carbocycles. The summed E-state index contributed by atoms with van der Waals surface area (Å²) >= 11 is 3.40. The maximum Gasteiger partial charge on any atom is 0.239 e. The number of likely N-dealkylation sites (N-methyl/N-ethyl adjacent to an activating group) is 2. The summed E-state index contributed by atoms with van der Waals surface area (Å²) < 4.78 is 1.03. The van der Waals surface area contributed by atoms with Crippen molar-refractivity contribution < 1.29 is 9.90 Å². The van der Waals surface area contributed by atoms with Gasteiger partial charge in [0, 0.05) is 24.6 Å². The molecule has 0 aliphatic carbocycles. The molecule has 1 amide bonds. The highest BCUT2D eigenvalue weighted by Gasteiger charge is 2.22. The quantitative estimate of drug-likeness (QED) is 0.825. The number of carbonyl (C=O) groups excluding carboxylic acids is 1. The third-order valence-electron chi connectivity index (χ3n) is 3.41. The monoisotopic (exact) mass is 342 g/mol. The Hall–Kier alpha value is -0.910. The van der Waals surface area contributed by atoms with E-state index in [1.54, 1.807) is 4.90 Å². The normalized spacial score (nSPS) is 12.5. The van der Waals surface area contributed by atoms with Crippen LogP contribution >= 0.6 is 15.9 Å². The average molecular weight is 343 g/mol. The van der Waals surface area contributed by atoms with E-state index in [1.807, 2.05) is 50.1 Å². The minimum atomic E-state index is -0.215. The summed E-state index contributed by atoms with van der Waals surface area (Å²) in [6.07, 6.45) is 0. The summed E-state index contributed by atoms with van der Waals surface area (Å²) in [5, 5.41) is 9.03. The molecule has 1 aromatic rings. The van der Waals surface area contributed by atoms with E-state index in [-0.39, 0.29) is 18.6 Å². The van der Waals surface area contributed by atoms with Crippen LogP contribution in [0.4, 0.5) is 0 Å². The maximum absolute atomic E-state index is 12.4. The first kappa shape index (κ1) is 17.1. The van der Waals surface area contributed by atoms with Crippen LogP contribution in [0, 0.1) is 0 Å². The number of benzene rings is 1. The molecule has 0 bridgehead atoms. The van der Waals surface area contributed by atoms with Gasteiger partial charge in [0.05, 0.1) is 12.6 Å². The van der Waals surface area contributed by atoms with Crippen molar-refractivity contribution in [3.8, 4) is 0 Å². The van der Waals surface area contributed by atoms with Gasteiger partial charge in [-0.25, -0.2) is 0 Å². The maximum atomic E-state index is 12.4. The Balaban J connectivity index is 2.63. The van der Waals surface area contributed by atoms with Gasteiger partial charge in [-0.3, -0.25) is 9.69 Å². The van der Waals surface area contributed by atoms with Crippen LogP contribution in [0.5, 0.6) is 0 Å². The van der Waals surface area contributed by atoms with Crippen molar-refractivity contribution in [2.45, 2.75) is 26.4 Å². The molecule has 1 atom stereocenters. The van der Waals surface area contributed by atoms with Crippen LogP contribution in [-0.2, 0) is 11.3 Å². The number of aliphatic hydroxyl groups is 1. The first-order valence-corrected chi connectivity index (χ1v) is 7.63. The molecule has 0 aliphatic rings. The lowest BCUT2D eigenvalue weighted by Gasteiger charge is -2.29. The van der Waals surface area contributed by atoms with Crippen LogP contribution in [-0.4, -0.2) is 53.6 Å². The molecule has 0 aromatic heterocycles. The first-order valence-electron chi connectivity index (χ1n) is 6.84. The standard InChI is InChI=1S/C15H23BrN2O2/c1-4-18(9-10-19)12(2)15(20)17(3)11-13-5-7-14(16)8-6-13/h5-8,12,19H,4,9-11H2,1-3H3. The Morgan fingerprint density at radius 2 is 1.95 bits per heavy atom. The molecule has 0 heterocycles. The predicted molar refractivity (Wildman–Crippen MR) is 84.4 cm³/mol. The van der Waals surface area contributed by atoms with Gasteiger partial charge in [0.25, 0.3) is 0 Å². The summed E-state index contributed by atoms with van der Waals surface area (Å²) in [6.45, 7) is 5.82. The molecule has 1 rings (SSSR count). The van der Waals surface area contributed by atoms with E-state index in [2.05, 4.69) is 15.9 Å². The van der Waals surface area contributed by atoms with Gasteiger partial charge in [-0.05, 0) is 31.2 Å². The summed E-state index contributed by atoms with van der Waals surface area (Å²) in [6, 6.07) is 7.74. The van der Waals surface area contributed by atoms with Crippen molar-refractivity contribution in [3.63, 3.8) is 0 Å². The summed E-state index contributed by atoms with van der Waals surface area (Å²) in [4.78, 5) is 16.1. The Morgan fingerprint density at radius 3 is 2.45 bits per heavy atom. The lowest BCUT2D eigenvalue weighted by atomic mass is 10.2. The van der Waals surface area contributed by atoms with E-state index in [1.165, 1.54) is 0 Å². The SMILES string of the molecule is CCN(CCO)C(C)C(=O)N(C)Cc1ccc(Br)cc1. The third kappa shape index (κ3) is 4.89. The smallest absolute Gasteiger partial charge is 0.239 e. The van der Waals surface area contributed by atoms with Gasteiger partial charge >= 0.3 is 0 Å². The van der Waals surface area contributed by atoms with Gasteiger partial charge < -0.3 is 10.0 Å². The van der Waals surface area contributed by atoms with Crippen molar-refractivity contribution in [3.05, 3.63) is 34.3 Å². The fraction of sp³-hybridized carbons (Fsp3) is 0.533. The van der Waals surface area contributed by atoms with Gasteiger partial charge in [0.1, 0.15) is 0 Å². The lowest BCUT2D eigenvalue weighted by Crippen LogP contribution is -2.46. The molecule has 0 radical (unpaired) electrons. The van der Waals surface area contributed by atoms with E-state index in [4.69, 9.17) is 5.11 Å². The van der Waals surface area contributed by atoms with E-state index in [9.17, 15) is 4.79 Å². The van der Waals surface area contributed by atoms with E-state index < -0.39 is 0 Å². The zero-order valence-electron chi connectivity index (χ0n) is 12.3. The summed E-state index contributed by atoms with van der Waals surface area (Å²) in [7, 11) is 1.81. The molecule has 1 unspecified atom stereocenters. The molecule has 4 nitrogen and oxygen atoms in total. The molecule has 0 saturated heterocycles. The Bertz CT molecular complexity index is 422. The van der Waals surface area contributed by atoms with Gasteiger partial charge in [-0.1, -0.05) is 35.0 Å². The van der Waals surface area contributed by atoms with E-state index >= 15 is 0 Å². The predicted octanol–water partition coefficient (Wildman–Crippen LogP) is 2.11. The zero-order chi connectivity index (χ0) is 15.1. The zero-order valence-corrected chi connectivity index (χ0v) is 13.9. The molecule has 20 heavy (non-hydrogen) atoms. The minimum Gasteiger partial charge on any atom is -0.395 e. The summed E-state index contributed by atoms with van der Waals surface area (Å²) in [5.74, 6) is 0.0724. The highest BCUT2D eigenvalue weighted by atomic mass is 79.9.